The second-order valence-electron chi connectivity index (χ2n) is 13.7. The van der Waals surface area contributed by atoms with Gasteiger partial charge in [-0.3, -0.25) is 19.4 Å². The molecule has 3 heterocycles. The van der Waals surface area contributed by atoms with Crippen molar-refractivity contribution in [3.8, 4) is 11.5 Å². The number of piperidine rings is 1. The van der Waals surface area contributed by atoms with Crippen LogP contribution in [0.1, 0.15) is 61.1 Å². The number of carboxylic acids is 2. The Morgan fingerprint density at radius 3 is 2.26 bits per heavy atom. The van der Waals surface area contributed by atoms with Gasteiger partial charge in [0.05, 0.1) is 23.0 Å². The molecule has 0 aromatic heterocycles. The SMILES string of the molecule is O=C(O)C(O)C(O)C(=O)O.O=C1CC(c2ccccc2)C(=O)N1[C@@H]1CC[C@@]2(O)[C@H]3Cc4ccc(O)c5c4[C@@]2(CCN3CC2CC2)[C@H]1O5. The number of aliphatic hydroxyl groups excluding tert-OH is 2. The molecule has 2 saturated carbocycles. The van der Waals surface area contributed by atoms with Crippen LogP contribution in [0, 0.1) is 5.92 Å². The molecule has 2 bridgehead atoms. The predicted molar refractivity (Wildman–Crippen MR) is 162 cm³/mol. The molecule has 6 N–H and O–H groups in total. The van der Waals surface area contributed by atoms with Gasteiger partial charge in [-0.05, 0) is 68.2 Å². The van der Waals surface area contributed by atoms with Crippen LogP contribution in [0.4, 0.5) is 0 Å². The summed E-state index contributed by atoms with van der Waals surface area (Å²) >= 11 is 0. The van der Waals surface area contributed by atoms with E-state index in [0.717, 1.165) is 42.1 Å². The summed E-state index contributed by atoms with van der Waals surface area (Å²) in [6.07, 6.45) is 0.00171. The first kappa shape index (κ1) is 31.6. The minimum atomic E-state index is -2.27. The molecule has 13 nitrogen and oxygen atoms in total. The van der Waals surface area contributed by atoms with Gasteiger partial charge in [-0.2, -0.15) is 0 Å². The van der Waals surface area contributed by atoms with Gasteiger partial charge in [-0.1, -0.05) is 36.4 Å². The average Bonchev–Trinajstić information content (AvgIpc) is 3.72. The maximum Gasteiger partial charge on any atom is 0.335 e. The smallest absolute Gasteiger partial charge is 0.335 e. The van der Waals surface area contributed by atoms with Crippen LogP contribution < -0.4 is 4.74 Å². The van der Waals surface area contributed by atoms with E-state index >= 15 is 0 Å². The summed E-state index contributed by atoms with van der Waals surface area (Å²) < 4.78 is 6.59. The molecular formula is C34H38N2O11. The lowest BCUT2D eigenvalue weighted by atomic mass is 9.48. The summed E-state index contributed by atoms with van der Waals surface area (Å²) in [7, 11) is 0. The molecule has 3 aliphatic heterocycles. The molecule has 3 aliphatic carbocycles. The highest BCUT2D eigenvalue weighted by atomic mass is 16.5. The number of hydrogen-bond acceptors (Lipinski definition) is 10. The fraction of sp³-hybridized carbons (Fsp3) is 0.529. The van der Waals surface area contributed by atoms with Crippen molar-refractivity contribution in [1.29, 1.82) is 0 Å². The van der Waals surface area contributed by atoms with Crippen molar-refractivity contribution in [2.24, 2.45) is 5.92 Å². The van der Waals surface area contributed by atoms with Crippen molar-refractivity contribution in [3.05, 3.63) is 59.2 Å². The number of phenols is 1. The van der Waals surface area contributed by atoms with Gasteiger partial charge in [0, 0.05) is 24.6 Å². The largest absolute Gasteiger partial charge is 0.504 e. The number of benzene rings is 2. The van der Waals surface area contributed by atoms with Crippen LogP contribution in [0.3, 0.4) is 0 Å². The molecule has 47 heavy (non-hydrogen) atoms. The number of rotatable bonds is 7. The quantitative estimate of drug-likeness (QED) is 0.230. The Labute approximate surface area is 270 Å². The number of amides is 2. The molecule has 2 saturated heterocycles. The van der Waals surface area contributed by atoms with E-state index in [9.17, 15) is 29.4 Å². The van der Waals surface area contributed by atoms with Crippen molar-refractivity contribution >= 4 is 23.8 Å². The first-order valence-electron chi connectivity index (χ1n) is 16.1. The van der Waals surface area contributed by atoms with Gasteiger partial charge in [0.2, 0.25) is 11.8 Å². The van der Waals surface area contributed by atoms with Gasteiger partial charge in [-0.25, -0.2) is 9.59 Å². The highest BCUT2D eigenvalue weighted by molar-refractivity contribution is 6.06. The van der Waals surface area contributed by atoms with Crippen molar-refractivity contribution in [3.63, 3.8) is 0 Å². The number of aliphatic carboxylic acids is 2. The van der Waals surface area contributed by atoms with Crippen LogP contribution in [0.25, 0.3) is 0 Å². The maximum absolute atomic E-state index is 13.8. The van der Waals surface area contributed by atoms with Crippen LogP contribution in [0.15, 0.2) is 42.5 Å². The van der Waals surface area contributed by atoms with Gasteiger partial charge in [0.25, 0.3) is 0 Å². The number of carbonyl (C=O) groups is 4. The predicted octanol–water partition coefficient (Wildman–Crippen LogP) is 0.745. The molecule has 2 aromatic rings. The molecule has 2 amide bonds. The minimum Gasteiger partial charge on any atom is -0.504 e. The fourth-order valence-electron chi connectivity index (χ4n) is 8.94. The third-order valence-corrected chi connectivity index (χ3v) is 11.3. The lowest BCUT2D eigenvalue weighted by Crippen LogP contribution is -2.78. The molecule has 0 radical (unpaired) electrons. The second-order valence-corrected chi connectivity index (χ2v) is 13.7. The highest BCUT2D eigenvalue weighted by Crippen LogP contribution is 2.66. The molecule has 6 aliphatic rings. The van der Waals surface area contributed by atoms with E-state index in [2.05, 4.69) is 4.90 Å². The Balaban J connectivity index is 0.000000308. The zero-order valence-electron chi connectivity index (χ0n) is 25.6. The Kier molecular flexibility index (Phi) is 7.58. The van der Waals surface area contributed by atoms with Crippen LogP contribution in [-0.2, 0) is 31.0 Å². The number of aromatic hydroxyl groups is 1. The lowest BCUT2D eigenvalue weighted by molar-refractivity contribution is -0.201. The Hall–Kier alpha value is -4.04. The van der Waals surface area contributed by atoms with E-state index in [-0.39, 0.29) is 30.0 Å². The number of aliphatic hydroxyl groups is 3. The number of nitrogens with zero attached hydrogens (tertiary/aromatic N) is 2. The zero-order valence-corrected chi connectivity index (χ0v) is 25.6. The average molecular weight is 651 g/mol. The van der Waals surface area contributed by atoms with Gasteiger partial charge < -0.3 is 35.4 Å². The summed E-state index contributed by atoms with van der Waals surface area (Å²) in [5, 5.41) is 56.0. The van der Waals surface area contributed by atoms with Crippen LogP contribution in [0.2, 0.25) is 0 Å². The van der Waals surface area contributed by atoms with E-state index < -0.39 is 53.2 Å². The number of ether oxygens (including phenoxy) is 1. The summed E-state index contributed by atoms with van der Waals surface area (Å²) in [6.45, 7) is 1.86. The number of phenolic OH excluding ortho intramolecular Hbond substituents is 1. The number of carbonyl (C=O) groups excluding carboxylic acids is 2. The highest BCUT2D eigenvalue weighted by Gasteiger charge is 2.74. The molecule has 2 aromatic carbocycles. The van der Waals surface area contributed by atoms with E-state index in [1.807, 2.05) is 36.4 Å². The van der Waals surface area contributed by atoms with Gasteiger partial charge in [-0.15, -0.1) is 0 Å². The normalized spacial score (nSPS) is 33.3. The molecular weight excluding hydrogens is 612 g/mol. The fourth-order valence-corrected chi connectivity index (χ4v) is 8.94. The van der Waals surface area contributed by atoms with E-state index in [1.165, 1.54) is 17.7 Å². The summed E-state index contributed by atoms with van der Waals surface area (Å²) in [5.41, 5.74) is 1.12. The molecule has 3 unspecified atom stereocenters. The summed E-state index contributed by atoms with van der Waals surface area (Å²) in [5.74, 6) is -3.14. The Bertz CT molecular complexity index is 1610. The third-order valence-electron chi connectivity index (χ3n) is 11.3. The first-order valence-corrected chi connectivity index (χ1v) is 16.1. The van der Waals surface area contributed by atoms with Crippen molar-refractivity contribution < 1.29 is 54.6 Å². The standard InChI is InChI=1S/C30H32N2O5.C4H6O6/c33-22-9-8-19-14-23-30(36)11-10-21(32-24(34)15-20(28(32)35)18-4-2-1-3-5-18)27-29(30,25(19)26(22)37-27)12-13-31(23)16-17-6-7-17;5-1(3(7)8)2(6)4(9)10/h1-5,8-9,17,20-21,23,27,33,36H,6-7,10-16H2;1-2,5-6H,(H,7,8)(H,9,10)/t20?,21-,23-,27+,29+,30-;/m1./s1. The second kappa shape index (κ2) is 11.3. The molecule has 4 fully saturated rings. The minimum absolute atomic E-state index is 0.0288. The van der Waals surface area contributed by atoms with Crippen molar-refractivity contribution in [1.82, 2.24) is 9.80 Å². The van der Waals surface area contributed by atoms with Crippen LogP contribution in [0.5, 0.6) is 11.5 Å². The van der Waals surface area contributed by atoms with Gasteiger partial charge in [0.1, 0.15) is 6.10 Å². The van der Waals surface area contributed by atoms with Gasteiger partial charge in [0.15, 0.2) is 23.7 Å². The molecule has 250 valence electrons. The summed E-state index contributed by atoms with van der Waals surface area (Å²) in [6, 6.07) is 12.7. The molecule has 1 spiro atoms. The van der Waals surface area contributed by atoms with Crippen molar-refractivity contribution in [2.75, 3.05) is 13.1 Å². The number of carboxylic acid groups (broad SMARTS) is 2. The van der Waals surface area contributed by atoms with Crippen molar-refractivity contribution in [2.45, 2.75) is 92.3 Å². The topological polar surface area (TPSA) is 205 Å². The van der Waals surface area contributed by atoms with Crippen LogP contribution in [-0.4, -0.2) is 113 Å². The van der Waals surface area contributed by atoms with E-state index in [4.69, 9.17) is 25.2 Å². The van der Waals surface area contributed by atoms with E-state index in [0.29, 0.717) is 25.0 Å². The number of likely N-dealkylation sites (tertiary alicyclic amines) is 2. The Morgan fingerprint density at radius 2 is 1.62 bits per heavy atom. The zero-order chi connectivity index (χ0) is 33.4. The van der Waals surface area contributed by atoms with E-state index in [1.54, 1.807) is 6.07 Å². The Morgan fingerprint density at radius 1 is 0.936 bits per heavy atom. The van der Waals surface area contributed by atoms with Gasteiger partial charge >= 0.3 is 11.9 Å². The molecule has 8 rings (SSSR count). The third kappa shape index (κ3) is 4.73. The summed E-state index contributed by atoms with van der Waals surface area (Å²) in [4.78, 5) is 50.7. The first-order chi connectivity index (χ1) is 22.4. The monoisotopic (exact) mass is 650 g/mol. The van der Waals surface area contributed by atoms with Crippen LogP contribution >= 0.6 is 0 Å². The number of imide groups is 1. The molecule has 13 heteroatoms. The lowest BCUT2D eigenvalue weighted by Gasteiger charge is -2.64. The maximum atomic E-state index is 13.8. The molecule has 8 atom stereocenters. The number of hydrogen-bond donors (Lipinski definition) is 6.